The van der Waals surface area contributed by atoms with Crippen LogP contribution in [-0.2, 0) is 0 Å². The molecule has 3 heteroatoms. The maximum absolute atomic E-state index is 11.6. The molecule has 0 saturated heterocycles. The van der Waals surface area contributed by atoms with Gasteiger partial charge in [-0.25, -0.2) is 0 Å². The van der Waals surface area contributed by atoms with Crippen LogP contribution in [0.15, 0.2) is 24.3 Å². The van der Waals surface area contributed by atoms with Crippen molar-refractivity contribution in [2.24, 2.45) is 0 Å². The Morgan fingerprint density at radius 3 is 2.87 bits per heavy atom. The van der Waals surface area contributed by atoms with Crippen LogP contribution in [0, 0.1) is 6.92 Å². The molecular formula is C12H16ClNO. The topological polar surface area (TPSA) is 29.1 Å². The van der Waals surface area contributed by atoms with Crippen LogP contribution < -0.4 is 5.32 Å². The molecule has 0 aromatic heterocycles. The Labute approximate surface area is 95.6 Å². The predicted octanol–water partition coefficient (Wildman–Crippen LogP) is 2.74. The lowest BCUT2D eigenvalue weighted by Gasteiger charge is -2.04. The van der Waals surface area contributed by atoms with E-state index in [1.54, 1.807) is 0 Å². The number of hydrogen-bond donors (Lipinski definition) is 1. The summed E-state index contributed by atoms with van der Waals surface area (Å²) >= 11 is 5.54. The van der Waals surface area contributed by atoms with Gasteiger partial charge in [0, 0.05) is 18.0 Å². The fraction of sp³-hybridized carbons (Fsp3) is 0.417. The number of unbranched alkanes of at least 4 members (excludes halogenated alkanes) is 1. The van der Waals surface area contributed by atoms with Gasteiger partial charge < -0.3 is 5.32 Å². The first-order chi connectivity index (χ1) is 7.24. The molecule has 82 valence electrons. The molecule has 15 heavy (non-hydrogen) atoms. The minimum absolute atomic E-state index is 0.00623. The molecule has 1 amide bonds. The SMILES string of the molecule is Cc1cccc(C(=O)NCCCCCl)c1. The highest BCUT2D eigenvalue weighted by atomic mass is 35.5. The third-order valence-corrected chi connectivity index (χ3v) is 2.39. The first-order valence-electron chi connectivity index (χ1n) is 5.15. The van der Waals surface area contributed by atoms with Crippen LogP contribution in [0.3, 0.4) is 0 Å². The van der Waals surface area contributed by atoms with E-state index in [0.717, 1.165) is 24.0 Å². The second-order valence-corrected chi connectivity index (χ2v) is 3.90. The summed E-state index contributed by atoms with van der Waals surface area (Å²) in [6.45, 7) is 2.67. The highest BCUT2D eigenvalue weighted by Crippen LogP contribution is 2.03. The van der Waals surface area contributed by atoms with Gasteiger partial charge in [0.25, 0.3) is 5.91 Å². The second-order valence-electron chi connectivity index (χ2n) is 3.52. The first kappa shape index (κ1) is 12.1. The minimum Gasteiger partial charge on any atom is -0.352 e. The van der Waals surface area contributed by atoms with Crippen molar-refractivity contribution in [3.05, 3.63) is 35.4 Å². The van der Waals surface area contributed by atoms with E-state index in [-0.39, 0.29) is 5.91 Å². The van der Waals surface area contributed by atoms with Gasteiger partial charge in [0.15, 0.2) is 0 Å². The standard InChI is InChI=1S/C12H16ClNO/c1-10-5-4-6-11(9-10)12(15)14-8-3-2-7-13/h4-6,9H,2-3,7-8H2,1H3,(H,14,15). The minimum atomic E-state index is -0.00623. The number of carbonyl (C=O) groups excluding carboxylic acids is 1. The lowest BCUT2D eigenvalue weighted by molar-refractivity contribution is 0.0953. The van der Waals surface area contributed by atoms with Crippen LogP contribution in [0.2, 0.25) is 0 Å². The van der Waals surface area contributed by atoms with Crippen LogP contribution in [0.4, 0.5) is 0 Å². The molecular weight excluding hydrogens is 210 g/mol. The van der Waals surface area contributed by atoms with E-state index in [4.69, 9.17) is 11.6 Å². The van der Waals surface area contributed by atoms with Crippen molar-refractivity contribution < 1.29 is 4.79 Å². The Balaban J connectivity index is 2.40. The molecule has 0 fully saturated rings. The number of rotatable bonds is 5. The predicted molar refractivity (Wildman–Crippen MR) is 63.5 cm³/mol. The number of amides is 1. The van der Waals surface area contributed by atoms with Gasteiger partial charge in [-0.3, -0.25) is 4.79 Å². The molecule has 0 atom stereocenters. The number of aryl methyl sites for hydroxylation is 1. The van der Waals surface area contributed by atoms with E-state index in [1.807, 2.05) is 31.2 Å². The summed E-state index contributed by atoms with van der Waals surface area (Å²) in [5.41, 5.74) is 1.82. The molecule has 0 radical (unpaired) electrons. The third kappa shape index (κ3) is 4.34. The average Bonchev–Trinajstić information content (AvgIpc) is 2.24. The lowest BCUT2D eigenvalue weighted by atomic mass is 10.1. The number of halogens is 1. The molecule has 0 bridgehead atoms. The van der Waals surface area contributed by atoms with E-state index in [2.05, 4.69) is 5.32 Å². The van der Waals surface area contributed by atoms with Gasteiger partial charge in [0.2, 0.25) is 0 Å². The maximum atomic E-state index is 11.6. The van der Waals surface area contributed by atoms with Crippen molar-refractivity contribution in [1.29, 1.82) is 0 Å². The molecule has 0 heterocycles. The monoisotopic (exact) mass is 225 g/mol. The van der Waals surface area contributed by atoms with Crippen LogP contribution in [0.25, 0.3) is 0 Å². The lowest BCUT2D eigenvalue weighted by Crippen LogP contribution is -2.24. The Morgan fingerprint density at radius 1 is 1.40 bits per heavy atom. The zero-order valence-corrected chi connectivity index (χ0v) is 9.68. The van der Waals surface area contributed by atoms with E-state index >= 15 is 0 Å². The second kappa shape index (κ2) is 6.46. The zero-order chi connectivity index (χ0) is 11.1. The van der Waals surface area contributed by atoms with Crippen molar-refractivity contribution in [3.8, 4) is 0 Å². The summed E-state index contributed by atoms with van der Waals surface area (Å²) in [5, 5.41) is 2.86. The van der Waals surface area contributed by atoms with E-state index in [9.17, 15) is 4.79 Å². The smallest absolute Gasteiger partial charge is 0.251 e. The highest BCUT2D eigenvalue weighted by Gasteiger charge is 2.03. The first-order valence-corrected chi connectivity index (χ1v) is 5.68. The maximum Gasteiger partial charge on any atom is 0.251 e. The molecule has 0 aliphatic rings. The summed E-state index contributed by atoms with van der Waals surface area (Å²) in [5.74, 6) is 0.647. The number of alkyl halides is 1. The summed E-state index contributed by atoms with van der Waals surface area (Å²) < 4.78 is 0. The fourth-order valence-electron chi connectivity index (χ4n) is 1.31. The Hall–Kier alpha value is -1.02. The number of hydrogen-bond acceptors (Lipinski definition) is 1. The van der Waals surface area contributed by atoms with Gasteiger partial charge in [0.1, 0.15) is 0 Å². The van der Waals surface area contributed by atoms with Gasteiger partial charge in [-0.2, -0.15) is 0 Å². The molecule has 0 aliphatic heterocycles. The van der Waals surface area contributed by atoms with Crippen LogP contribution in [0.1, 0.15) is 28.8 Å². The number of benzene rings is 1. The number of carbonyl (C=O) groups is 1. The number of nitrogens with one attached hydrogen (secondary N) is 1. The normalized spacial score (nSPS) is 10.0. The van der Waals surface area contributed by atoms with Crippen molar-refractivity contribution in [1.82, 2.24) is 5.32 Å². The Kier molecular flexibility index (Phi) is 5.19. The molecule has 0 saturated carbocycles. The van der Waals surface area contributed by atoms with Crippen LogP contribution in [0.5, 0.6) is 0 Å². The average molecular weight is 226 g/mol. The van der Waals surface area contributed by atoms with E-state index in [0.29, 0.717) is 12.4 Å². The van der Waals surface area contributed by atoms with Gasteiger partial charge in [-0.05, 0) is 31.9 Å². The highest BCUT2D eigenvalue weighted by molar-refractivity contribution is 6.17. The third-order valence-electron chi connectivity index (χ3n) is 2.13. The summed E-state index contributed by atoms with van der Waals surface area (Å²) in [7, 11) is 0. The molecule has 1 aromatic carbocycles. The van der Waals surface area contributed by atoms with Gasteiger partial charge in [-0.1, -0.05) is 17.7 Å². The van der Waals surface area contributed by atoms with E-state index in [1.165, 1.54) is 0 Å². The molecule has 1 rings (SSSR count). The van der Waals surface area contributed by atoms with Gasteiger partial charge in [0.05, 0.1) is 0 Å². The molecule has 2 nitrogen and oxygen atoms in total. The molecule has 1 N–H and O–H groups in total. The summed E-state index contributed by atoms with van der Waals surface area (Å²) in [6, 6.07) is 7.58. The zero-order valence-electron chi connectivity index (χ0n) is 8.92. The van der Waals surface area contributed by atoms with Crippen molar-refractivity contribution >= 4 is 17.5 Å². The molecule has 0 unspecified atom stereocenters. The van der Waals surface area contributed by atoms with E-state index < -0.39 is 0 Å². The van der Waals surface area contributed by atoms with Crippen LogP contribution in [-0.4, -0.2) is 18.3 Å². The summed E-state index contributed by atoms with van der Waals surface area (Å²) in [4.78, 5) is 11.6. The van der Waals surface area contributed by atoms with Crippen molar-refractivity contribution in [3.63, 3.8) is 0 Å². The van der Waals surface area contributed by atoms with Crippen molar-refractivity contribution in [2.75, 3.05) is 12.4 Å². The van der Waals surface area contributed by atoms with Crippen molar-refractivity contribution in [2.45, 2.75) is 19.8 Å². The van der Waals surface area contributed by atoms with Gasteiger partial charge >= 0.3 is 0 Å². The molecule has 0 aliphatic carbocycles. The fourth-order valence-corrected chi connectivity index (χ4v) is 1.50. The quantitative estimate of drug-likeness (QED) is 0.606. The van der Waals surface area contributed by atoms with Gasteiger partial charge in [-0.15, -0.1) is 11.6 Å². The Bertz CT molecular complexity index is 325. The largest absolute Gasteiger partial charge is 0.352 e. The summed E-state index contributed by atoms with van der Waals surface area (Å²) in [6.07, 6.45) is 1.87. The Morgan fingerprint density at radius 2 is 2.20 bits per heavy atom. The van der Waals surface area contributed by atoms with Crippen LogP contribution >= 0.6 is 11.6 Å². The molecule has 1 aromatic rings. The molecule has 0 spiro atoms.